The number of hydrogen-bond acceptors (Lipinski definition) is 1. The van der Waals surface area contributed by atoms with Crippen LogP contribution >= 0.6 is 0 Å². The fraction of sp³-hybridized carbons (Fsp3) is 0.118. The van der Waals surface area contributed by atoms with Crippen LogP contribution in [-0.2, 0) is 11.2 Å². The first kappa shape index (κ1) is 13.1. The fourth-order valence-electron chi connectivity index (χ4n) is 1.78. The highest BCUT2D eigenvalue weighted by Crippen LogP contribution is 2.14. The van der Waals surface area contributed by atoms with Crippen LogP contribution in [0.15, 0.2) is 66.7 Å². The van der Waals surface area contributed by atoms with Crippen molar-refractivity contribution in [1.29, 1.82) is 0 Å². The van der Waals surface area contributed by atoms with Gasteiger partial charge in [0.05, 0.1) is 0 Å². The van der Waals surface area contributed by atoms with Crippen LogP contribution in [-0.4, -0.2) is 5.91 Å². The molecule has 0 spiro atoms. The van der Waals surface area contributed by atoms with Gasteiger partial charge in [-0.05, 0) is 36.6 Å². The SMILES string of the molecule is C=C(C)C(=O)Nc1ccc(Cc2ccccc2)cc1. The molecule has 0 saturated carbocycles. The Balaban J connectivity index is 2.03. The summed E-state index contributed by atoms with van der Waals surface area (Å²) in [5.74, 6) is -0.143. The Kier molecular flexibility index (Phi) is 4.14. The quantitative estimate of drug-likeness (QED) is 0.823. The van der Waals surface area contributed by atoms with Crippen LogP contribution < -0.4 is 5.32 Å². The molecule has 0 aliphatic rings. The number of amides is 1. The first-order valence-corrected chi connectivity index (χ1v) is 6.25. The molecular weight excluding hydrogens is 234 g/mol. The van der Waals surface area contributed by atoms with Gasteiger partial charge < -0.3 is 5.32 Å². The maximum absolute atomic E-state index is 11.5. The Morgan fingerprint density at radius 2 is 1.58 bits per heavy atom. The van der Waals surface area contributed by atoms with Crippen LogP contribution in [0.25, 0.3) is 0 Å². The Bertz CT molecular complexity index is 570. The first-order chi connectivity index (χ1) is 9.15. The molecule has 2 nitrogen and oxygen atoms in total. The van der Waals surface area contributed by atoms with Gasteiger partial charge in [0, 0.05) is 11.3 Å². The maximum Gasteiger partial charge on any atom is 0.250 e. The summed E-state index contributed by atoms with van der Waals surface area (Å²) in [5.41, 5.74) is 3.80. The van der Waals surface area contributed by atoms with Gasteiger partial charge in [0.25, 0.3) is 5.91 Å². The van der Waals surface area contributed by atoms with Crippen molar-refractivity contribution in [3.8, 4) is 0 Å². The predicted molar refractivity (Wildman–Crippen MR) is 79.1 cm³/mol. The third-order valence-corrected chi connectivity index (χ3v) is 2.85. The molecule has 2 heteroatoms. The van der Waals surface area contributed by atoms with E-state index < -0.39 is 0 Å². The van der Waals surface area contributed by atoms with E-state index in [0.29, 0.717) is 5.57 Å². The molecule has 0 atom stereocenters. The van der Waals surface area contributed by atoms with E-state index in [1.807, 2.05) is 42.5 Å². The van der Waals surface area contributed by atoms with E-state index in [1.54, 1.807) is 6.92 Å². The smallest absolute Gasteiger partial charge is 0.250 e. The number of hydrogen-bond donors (Lipinski definition) is 1. The van der Waals surface area contributed by atoms with Crippen LogP contribution in [0.5, 0.6) is 0 Å². The maximum atomic E-state index is 11.5. The average Bonchev–Trinajstić information content (AvgIpc) is 2.42. The molecule has 0 aromatic heterocycles. The van der Waals surface area contributed by atoms with Crippen molar-refractivity contribution in [3.05, 3.63) is 77.9 Å². The first-order valence-electron chi connectivity index (χ1n) is 6.25. The minimum absolute atomic E-state index is 0.143. The Labute approximate surface area is 113 Å². The molecule has 19 heavy (non-hydrogen) atoms. The van der Waals surface area contributed by atoms with Crippen molar-refractivity contribution in [3.63, 3.8) is 0 Å². The molecule has 1 N–H and O–H groups in total. The zero-order valence-corrected chi connectivity index (χ0v) is 11.0. The molecule has 2 aromatic rings. The normalized spacial score (nSPS) is 9.95. The fourth-order valence-corrected chi connectivity index (χ4v) is 1.78. The Hall–Kier alpha value is -2.35. The van der Waals surface area contributed by atoms with E-state index in [1.165, 1.54) is 11.1 Å². The van der Waals surface area contributed by atoms with Gasteiger partial charge in [-0.25, -0.2) is 0 Å². The number of benzene rings is 2. The largest absolute Gasteiger partial charge is 0.322 e. The summed E-state index contributed by atoms with van der Waals surface area (Å²) in [6, 6.07) is 18.2. The summed E-state index contributed by atoms with van der Waals surface area (Å²) in [6.07, 6.45) is 0.898. The monoisotopic (exact) mass is 251 g/mol. The zero-order valence-electron chi connectivity index (χ0n) is 11.0. The molecule has 0 bridgehead atoms. The lowest BCUT2D eigenvalue weighted by atomic mass is 10.0. The van der Waals surface area contributed by atoms with E-state index in [0.717, 1.165) is 12.1 Å². The molecule has 0 fully saturated rings. The van der Waals surface area contributed by atoms with Gasteiger partial charge in [0.15, 0.2) is 0 Å². The molecule has 0 radical (unpaired) electrons. The summed E-state index contributed by atoms with van der Waals surface area (Å²) in [5, 5.41) is 2.79. The second-order valence-electron chi connectivity index (χ2n) is 4.59. The predicted octanol–water partition coefficient (Wildman–Crippen LogP) is 3.79. The summed E-state index contributed by atoms with van der Waals surface area (Å²) in [7, 11) is 0. The van der Waals surface area contributed by atoms with Gasteiger partial charge in [-0.3, -0.25) is 4.79 Å². The van der Waals surface area contributed by atoms with Crippen molar-refractivity contribution in [1.82, 2.24) is 0 Å². The van der Waals surface area contributed by atoms with E-state index in [-0.39, 0.29) is 5.91 Å². The van der Waals surface area contributed by atoms with Crippen molar-refractivity contribution in [2.24, 2.45) is 0 Å². The summed E-state index contributed by atoms with van der Waals surface area (Å²) in [6.45, 7) is 5.31. The molecule has 1 amide bonds. The van der Waals surface area contributed by atoms with Crippen molar-refractivity contribution < 1.29 is 4.79 Å². The second-order valence-corrected chi connectivity index (χ2v) is 4.59. The molecular formula is C17H17NO. The molecule has 2 aromatic carbocycles. The minimum atomic E-state index is -0.143. The van der Waals surface area contributed by atoms with Crippen LogP contribution in [0.2, 0.25) is 0 Å². The highest BCUT2D eigenvalue weighted by Gasteiger charge is 2.02. The topological polar surface area (TPSA) is 29.1 Å². The lowest BCUT2D eigenvalue weighted by Gasteiger charge is -2.06. The molecule has 0 saturated heterocycles. The number of carbonyl (C=O) groups excluding carboxylic acids is 1. The zero-order chi connectivity index (χ0) is 13.7. The van der Waals surface area contributed by atoms with Gasteiger partial charge in [-0.1, -0.05) is 49.0 Å². The number of carbonyl (C=O) groups is 1. The van der Waals surface area contributed by atoms with Crippen molar-refractivity contribution >= 4 is 11.6 Å². The minimum Gasteiger partial charge on any atom is -0.322 e. The Morgan fingerprint density at radius 1 is 1.00 bits per heavy atom. The lowest BCUT2D eigenvalue weighted by molar-refractivity contribution is -0.112. The van der Waals surface area contributed by atoms with E-state index >= 15 is 0 Å². The van der Waals surface area contributed by atoms with Crippen LogP contribution in [0.4, 0.5) is 5.69 Å². The molecule has 2 rings (SSSR count). The second kappa shape index (κ2) is 6.01. The summed E-state index contributed by atoms with van der Waals surface area (Å²) >= 11 is 0. The third kappa shape index (κ3) is 3.81. The number of rotatable bonds is 4. The number of nitrogens with one attached hydrogen (secondary N) is 1. The van der Waals surface area contributed by atoms with Gasteiger partial charge in [0.1, 0.15) is 0 Å². The average molecular weight is 251 g/mol. The van der Waals surface area contributed by atoms with Crippen molar-refractivity contribution in [2.45, 2.75) is 13.3 Å². The molecule has 0 heterocycles. The lowest BCUT2D eigenvalue weighted by Crippen LogP contribution is -2.11. The summed E-state index contributed by atoms with van der Waals surface area (Å²) < 4.78 is 0. The van der Waals surface area contributed by atoms with Gasteiger partial charge >= 0.3 is 0 Å². The molecule has 0 unspecified atom stereocenters. The van der Waals surface area contributed by atoms with Gasteiger partial charge in [-0.15, -0.1) is 0 Å². The molecule has 0 aliphatic heterocycles. The Morgan fingerprint density at radius 3 is 2.16 bits per heavy atom. The van der Waals surface area contributed by atoms with Crippen molar-refractivity contribution in [2.75, 3.05) is 5.32 Å². The van der Waals surface area contributed by atoms with Crippen LogP contribution in [0, 0.1) is 0 Å². The highest BCUT2D eigenvalue weighted by atomic mass is 16.1. The van der Waals surface area contributed by atoms with Crippen LogP contribution in [0.3, 0.4) is 0 Å². The van der Waals surface area contributed by atoms with E-state index in [4.69, 9.17) is 0 Å². The number of anilines is 1. The molecule has 0 aliphatic carbocycles. The van der Waals surface area contributed by atoms with Gasteiger partial charge in [-0.2, -0.15) is 0 Å². The molecule has 96 valence electrons. The van der Waals surface area contributed by atoms with Crippen LogP contribution in [0.1, 0.15) is 18.1 Å². The summed E-state index contributed by atoms with van der Waals surface area (Å²) in [4.78, 5) is 11.5. The standard InChI is InChI=1S/C17H17NO/c1-13(2)17(19)18-16-10-8-15(9-11-16)12-14-6-4-3-5-7-14/h3-11H,1,12H2,2H3,(H,18,19). The highest BCUT2D eigenvalue weighted by molar-refractivity contribution is 6.02. The van der Waals surface area contributed by atoms with E-state index in [9.17, 15) is 4.79 Å². The van der Waals surface area contributed by atoms with E-state index in [2.05, 4.69) is 24.0 Å². The van der Waals surface area contributed by atoms with Gasteiger partial charge in [0.2, 0.25) is 0 Å². The third-order valence-electron chi connectivity index (χ3n) is 2.85.